The zero-order valence-electron chi connectivity index (χ0n) is 20.1. The number of nitrogens with zero attached hydrogens (tertiary/aromatic N) is 6. The molecule has 0 aliphatic carbocycles. The van der Waals surface area contributed by atoms with Gasteiger partial charge in [0.25, 0.3) is 0 Å². The molecular formula is C25H28F4N6. The minimum Gasteiger partial charge on any atom is -0.353 e. The molecular weight excluding hydrogens is 460 g/mol. The number of benzene rings is 1. The molecule has 1 unspecified atom stereocenters. The third-order valence-corrected chi connectivity index (χ3v) is 6.33. The van der Waals surface area contributed by atoms with Gasteiger partial charge in [-0.2, -0.15) is 13.2 Å². The minimum atomic E-state index is -4.47. The van der Waals surface area contributed by atoms with Crippen molar-refractivity contribution >= 4 is 11.6 Å². The van der Waals surface area contributed by atoms with Crippen molar-refractivity contribution in [3.05, 3.63) is 65.4 Å². The zero-order chi connectivity index (χ0) is 25.3. The van der Waals surface area contributed by atoms with Crippen LogP contribution in [-0.4, -0.2) is 60.1 Å². The molecule has 1 aliphatic rings. The Morgan fingerprint density at radius 3 is 2.29 bits per heavy atom. The van der Waals surface area contributed by atoms with Crippen LogP contribution < -0.4 is 9.80 Å². The van der Waals surface area contributed by atoms with Gasteiger partial charge in [-0.25, -0.2) is 19.3 Å². The van der Waals surface area contributed by atoms with E-state index in [1.807, 2.05) is 36.9 Å². The van der Waals surface area contributed by atoms with Gasteiger partial charge in [0.1, 0.15) is 23.3 Å². The molecule has 6 nitrogen and oxygen atoms in total. The lowest BCUT2D eigenvalue weighted by molar-refractivity contribution is -0.137. The summed E-state index contributed by atoms with van der Waals surface area (Å²) in [6.07, 6.45) is -3.08. The van der Waals surface area contributed by atoms with Crippen LogP contribution in [0.4, 0.5) is 29.2 Å². The van der Waals surface area contributed by atoms with E-state index in [0.29, 0.717) is 49.1 Å². The van der Waals surface area contributed by atoms with E-state index >= 15 is 0 Å². The average Bonchev–Trinajstić information content (AvgIpc) is 2.84. The maximum Gasteiger partial charge on any atom is 0.419 e. The molecule has 0 radical (unpaired) electrons. The van der Waals surface area contributed by atoms with Crippen LogP contribution in [0, 0.1) is 12.7 Å². The highest BCUT2D eigenvalue weighted by Crippen LogP contribution is 2.36. The summed E-state index contributed by atoms with van der Waals surface area (Å²) in [5.74, 6) is 0.980. The van der Waals surface area contributed by atoms with Crippen LogP contribution in [0.25, 0.3) is 11.3 Å². The van der Waals surface area contributed by atoms with E-state index in [2.05, 4.69) is 4.98 Å². The Hall–Kier alpha value is -3.27. The fourth-order valence-corrected chi connectivity index (χ4v) is 4.00. The molecule has 1 aromatic carbocycles. The molecule has 186 valence electrons. The molecule has 2 aromatic heterocycles. The van der Waals surface area contributed by atoms with Crippen LogP contribution in [0.15, 0.2) is 42.6 Å². The second kappa shape index (κ2) is 9.77. The van der Waals surface area contributed by atoms with Gasteiger partial charge < -0.3 is 9.80 Å². The molecule has 0 bridgehead atoms. The Balaban J connectivity index is 1.63. The lowest BCUT2D eigenvalue weighted by atomic mass is 10.1. The standard InChI is InChI=1S/C25H28F4N6/c1-16-14-18(7-8-20(16)26)21-15-22(32-23(31-21)17(2)33(3)4)34-10-12-35(13-11-34)24-19(25(27,28)29)6-5-9-30-24/h5-9,14-15,17H,10-13H2,1-4H3. The Morgan fingerprint density at radius 1 is 0.971 bits per heavy atom. The summed E-state index contributed by atoms with van der Waals surface area (Å²) in [6, 6.07) is 9.01. The first-order chi connectivity index (χ1) is 16.5. The van der Waals surface area contributed by atoms with Gasteiger partial charge in [-0.3, -0.25) is 4.90 Å². The van der Waals surface area contributed by atoms with Gasteiger partial charge in [0.15, 0.2) is 0 Å². The molecule has 1 saturated heterocycles. The summed E-state index contributed by atoms with van der Waals surface area (Å²) in [5, 5.41) is 0. The number of hydrogen-bond donors (Lipinski definition) is 0. The van der Waals surface area contributed by atoms with Crippen molar-refractivity contribution in [2.24, 2.45) is 0 Å². The molecule has 0 amide bonds. The number of alkyl halides is 3. The molecule has 35 heavy (non-hydrogen) atoms. The molecule has 3 heterocycles. The van der Waals surface area contributed by atoms with Crippen molar-refractivity contribution in [3.63, 3.8) is 0 Å². The zero-order valence-corrected chi connectivity index (χ0v) is 20.1. The highest BCUT2D eigenvalue weighted by molar-refractivity contribution is 5.64. The van der Waals surface area contributed by atoms with Crippen LogP contribution in [0.3, 0.4) is 0 Å². The predicted octanol–water partition coefficient (Wildman–Crippen LogP) is 4.95. The topological polar surface area (TPSA) is 48.4 Å². The Bertz CT molecular complexity index is 1190. The molecule has 0 spiro atoms. The van der Waals surface area contributed by atoms with Crippen molar-refractivity contribution < 1.29 is 17.6 Å². The highest BCUT2D eigenvalue weighted by Gasteiger charge is 2.36. The smallest absolute Gasteiger partial charge is 0.353 e. The van der Waals surface area contributed by atoms with E-state index in [0.717, 1.165) is 11.6 Å². The number of halogens is 4. The van der Waals surface area contributed by atoms with E-state index in [4.69, 9.17) is 9.97 Å². The predicted molar refractivity (Wildman–Crippen MR) is 128 cm³/mol. The summed E-state index contributed by atoms with van der Waals surface area (Å²) < 4.78 is 54.3. The molecule has 10 heteroatoms. The van der Waals surface area contributed by atoms with E-state index < -0.39 is 11.7 Å². The molecule has 0 N–H and O–H groups in total. The fourth-order valence-electron chi connectivity index (χ4n) is 4.00. The van der Waals surface area contributed by atoms with Crippen molar-refractivity contribution in [1.82, 2.24) is 19.9 Å². The van der Waals surface area contributed by atoms with Crippen LogP contribution in [0.2, 0.25) is 0 Å². The first-order valence-electron chi connectivity index (χ1n) is 11.4. The van der Waals surface area contributed by atoms with Crippen molar-refractivity contribution in [3.8, 4) is 11.3 Å². The van der Waals surface area contributed by atoms with Gasteiger partial charge in [-0.05, 0) is 63.8 Å². The quantitative estimate of drug-likeness (QED) is 0.474. The largest absolute Gasteiger partial charge is 0.419 e. The van der Waals surface area contributed by atoms with E-state index in [1.165, 1.54) is 18.3 Å². The van der Waals surface area contributed by atoms with Gasteiger partial charge in [0.2, 0.25) is 0 Å². The fraction of sp³-hybridized carbons (Fsp3) is 0.400. The average molecular weight is 489 g/mol. The summed E-state index contributed by atoms with van der Waals surface area (Å²) in [7, 11) is 3.87. The second-order valence-corrected chi connectivity index (χ2v) is 8.92. The number of rotatable bonds is 5. The molecule has 3 aromatic rings. The van der Waals surface area contributed by atoms with Crippen LogP contribution >= 0.6 is 0 Å². The maximum absolute atomic E-state index is 13.8. The minimum absolute atomic E-state index is 0.0493. The summed E-state index contributed by atoms with van der Waals surface area (Å²) in [6.45, 7) is 5.39. The molecule has 4 rings (SSSR count). The summed E-state index contributed by atoms with van der Waals surface area (Å²) in [4.78, 5) is 19.2. The Kier molecular flexibility index (Phi) is 6.93. The summed E-state index contributed by atoms with van der Waals surface area (Å²) >= 11 is 0. The molecule has 1 fully saturated rings. The Labute approximate surface area is 202 Å². The monoisotopic (exact) mass is 488 g/mol. The molecule has 1 atom stereocenters. The third-order valence-electron chi connectivity index (χ3n) is 6.33. The molecule has 1 aliphatic heterocycles. The number of aryl methyl sites for hydroxylation is 1. The number of piperazine rings is 1. The second-order valence-electron chi connectivity index (χ2n) is 8.92. The summed E-state index contributed by atoms with van der Waals surface area (Å²) in [5.41, 5.74) is 1.25. The number of hydrogen-bond acceptors (Lipinski definition) is 6. The van der Waals surface area contributed by atoms with Crippen LogP contribution in [-0.2, 0) is 6.18 Å². The van der Waals surface area contributed by atoms with Crippen LogP contribution in [0.1, 0.15) is 29.9 Å². The van der Waals surface area contributed by atoms with E-state index in [1.54, 1.807) is 24.0 Å². The van der Waals surface area contributed by atoms with E-state index in [9.17, 15) is 17.6 Å². The van der Waals surface area contributed by atoms with Crippen molar-refractivity contribution in [1.29, 1.82) is 0 Å². The van der Waals surface area contributed by atoms with Crippen LogP contribution in [0.5, 0.6) is 0 Å². The number of pyridine rings is 1. The van der Waals surface area contributed by atoms with Gasteiger partial charge in [0.05, 0.1) is 17.3 Å². The Morgan fingerprint density at radius 2 is 1.66 bits per heavy atom. The van der Waals surface area contributed by atoms with Crippen molar-refractivity contribution in [2.45, 2.75) is 26.1 Å². The SMILES string of the molecule is Cc1cc(-c2cc(N3CCN(c4ncccc4C(F)(F)F)CC3)nc(C(C)N(C)C)n2)ccc1F. The van der Waals surface area contributed by atoms with Gasteiger partial charge >= 0.3 is 6.18 Å². The number of anilines is 2. The lowest BCUT2D eigenvalue weighted by Gasteiger charge is -2.37. The third kappa shape index (κ3) is 5.37. The normalized spacial score (nSPS) is 15.6. The van der Waals surface area contributed by atoms with Gasteiger partial charge in [-0.15, -0.1) is 0 Å². The van der Waals surface area contributed by atoms with Crippen molar-refractivity contribution in [2.75, 3.05) is 50.1 Å². The maximum atomic E-state index is 13.8. The molecule has 0 saturated carbocycles. The van der Waals surface area contributed by atoms with E-state index in [-0.39, 0.29) is 17.7 Å². The van der Waals surface area contributed by atoms with Gasteiger partial charge in [-0.1, -0.05) is 0 Å². The first-order valence-corrected chi connectivity index (χ1v) is 11.4. The van der Waals surface area contributed by atoms with Gasteiger partial charge in [0, 0.05) is 44.0 Å². The first kappa shape index (κ1) is 24.8. The lowest BCUT2D eigenvalue weighted by Crippen LogP contribution is -2.47. The highest BCUT2D eigenvalue weighted by atomic mass is 19.4. The number of aromatic nitrogens is 3.